The van der Waals surface area contributed by atoms with Gasteiger partial charge in [-0.1, -0.05) is 6.92 Å². The van der Waals surface area contributed by atoms with E-state index >= 15 is 0 Å². The zero-order valence-electron chi connectivity index (χ0n) is 10.3. The van der Waals surface area contributed by atoms with Crippen LogP contribution in [0.25, 0.3) is 0 Å². The quantitative estimate of drug-likeness (QED) is 0.866. The second-order valence-corrected chi connectivity index (χ2v) is 7.40. The molecule has 0 bridgehead atoms. The molecule has 9 heteroatoms. The minimum Gasteiger partial charge on any atom is -0.342 e. The van der Waals surface area contributed by atoms with Crippen molar-refractivity contribution in [2.75, 3.05) is 16.3 Å². The lowest BCUT2D eigenvalue weighted by molar-refractivity contribution is 0.597. The molecular weight excluding hydrogens is 290 g/mol. The summed E-state index contributed by atoms with van der Waals surface area (Å²) in [4.78, 5) is -0.0432. The molecule has 1 heterocycles. The van der Waals surface area contributed by atoms with E-state index in [0.717, 1.165) is 6.26 Å². The smallest absolute Gasteiger partial charge is 0.286 e. The van der Waals surface area contributed by atoms with Gasteiger partial charge in [0.25, 0.3) is 10.0 Å². The van der Waals surface area contributed by atoms with Crippen LogP contribution in [0.4, 0.5) is 11.4 Å². The Morgan fingerprint density at radius 3 is 2.63 bits per heavy atom. The van der Waals surface area contributed by atoms with Crippen molar-refractivity contribution in [2.24, 2.45) is 4.40 Å². The molecule has 1 aromatic carbocycles. The van der Waals surface area contributed by atoms with E-state index in [-0.39, 0.29) is 10.6 Å². The number of nitrogens with one attached hydrogen (secondary N) is 2. The number of sulfonamides is 2. The largest absolute Gasteiger partial charge is 0.342 e. The van der Waals surface area contributed by atoms with Crippen molar-refractivity contribution in [1.82, 2.24) is 0 Å². The minimum absolute atomic E-state index is 0.0432. The van der Waals surface area contributed by atoms with Gasteiger partial charge in [-0.05, 0) is 18.2 Å². The molecule has 1 aliphatic heterocycles. The molecule has 0 spiro atoms. The highest BCUT2D eigenvalue weighted by Gasteiger charge is 2.24. The summed E-state index contributed by atoms with van der Waals surface area (Å²) in [6, 6.07) is 4.24. The normalized spacial score (nSPS) is 17.1. The van der Waals surface area contributed by atoms with Crippen LogP contribution < -0.4 is 10.0 Å². The first-order valence-corrected chi connectivity index (χ1v) is 8.77. The molecule has 104 valence electrons. The number of hydrogen-bond acceptors (Lipinski definition) is 5. The Bertz CT molecular complexity index is 751. The van der Waals surface area contributed by atoms with E-state index in [0.29, 0.717) is 17.9 Å². The number of rotatable bonds is 3. The maximum Gasteiger partial charge on any atom is 0.286 e. The van der Waals surface area contributed by atoms with E-state index < -0.39 is 20.0 Å². The van der Waals surface area contributed by atoms with Crippen LogP contribution in [0.1, 0.15) is 13.3 Å². The van der Waals surface area contributed by atoms with Crippen molar-refractivity contribution in [2.45, 2.75) is 18.2 Å². The summed E-state index contributed by atoms with van der Waals surface area (Å²) in [5, 5.41) is 2.89. The topological polar surface area (TPSA) is 105 Å². The number of hydrogen-bond donors (Lipinski definition) is 2. The highest BCUT2D eigenvalue weighted by molar-refractivity contribution is 7.92. The van der Waals surface area contributed by atoms with Crippen molar-refractivity contribution in [3.05, 3.63) is 18.2 Å². The molecule has 7 nitrogen and oxygen atoms in total. The lowest BCUT2D eigenvalue weighted by Gasteiger charge is -2.18. The molecule has 1 aliphatic rings. The van der Waals surface area contributed by atoms with Crippen molar-refractivity contribution in [3.63, 3.8) is 0 Å². The molecule has 0 unspecified atom stereocenters. The number of nitrogens with zero attached hydrogens (tertiary/aromatic N) is 1. The van der Waals surface area contributed by atoms with Gasteiger partial charge in [-0.25, -0.2) is 8.42 Å². The van der Waals surface area contributed by atoms with Crippen LogP contribution in [-0.2, 0) is 20.0 Å². The molecule has 0 amide bonds. The van der Waals surface area contributed by atoms with Crippen LogP contribution in [0.2, 0.25) is 0 Å². The first kappa shape index (κ1) is 13.8. The number of fused-ring (bicyclic) bond motifs is 1. The maximum atomic E-state index is 12.0. The fourth-order valence-electron chi connectivity index (χ4n) is 1.64. The van der Waals surface area contributed by atoms with Crippen LogP contribution in [0, 0.1) is 0 Å². The number of amidine groups is 1. The Hall–Kier alpha value is -1.61. The predicted molar refractivity (Wildman–Crippen MR) is 73.4 cm³/mol. The molecule has 2 N–H and O–H groups in total. The van der Waals surface area contributed by atoms with Crippen molar-refractivity contribution >= 4 is 37.3 Å². The van der Waals surface area contributed by atoms with Crippen molar-refractivity contribution in [1.29, 1.82) is 0 Å². The van der Waals surface area contributed by atoms with Crippen LogP contribution in [0.3, 0.4) is 0 Å². The molecule has 0 atom stereocenters. The third-order valence-corrected chi connectivity index (χ3v) is 4.37. The van der Waals surface area contributed by atoms with E-state index in [1.807, 2.05) is 0 Å². The van der Waals surface area contributed by atoms with E-state index in [1.165, 1.54) is 18.2 Å². The molecule has 1 aromatic rings. The SMILES string of the molecule is CCC1=NS(=O)(=O)c2cc(NS(C)(=O)=O)ccc2N1. The van der Waals surface area contributed by atoms with Crippen LogP contribution >= 0.6 is 0 Å². The van der Waals surface area contributed by atoms with Crippen LogP contribution in [0.5, 0.6) is 0 Å². The second-order valence-electron chi connectivity index (χ2n) is 4.08. The number of benzene rings is 1. The Labute approximate surface area is 111 Å². The van der Waals surface area contributed by atoms with E-state index in [2.05, 4.69) is 14.4 Å². The zero-order chi connectivity index (χ0) is 14.3. The number of anilines is 2. The van der Waals surface area contributed by atoms with Gasteiger partial charge in [0.15, 0.2) is 0 Å². The molecular formula is C10H13N3O4S2. The standard InChI is InChI=1S/C10H13N3O4S2/c1-3-10-11-8-5-4-7(12-18(2,14)15)6-9(8)19(16,17)13-10/h4-6,12H,3H2,1-2H3,(H,11,13). The molecule has 0 fully saturated rings. The summed E-state index contributed by atoms with van der Waals surface area (Å²) in [6.07, 6.45) is 1.45. The third-order valence-electron chi connectivity index (χ3n) is 2.41. The summed E-state index contributed by atoms with van der Waals surface area (Å²) < 4.78 is 52.0. The van der Waals surface area contributed by atoms with Gasteiger partial charge in [0.05, 0.1) is 11.9 Å². The van der Waals surface area contributed by atoms with Gasteiger partial charge >= 0.3 is 0 Å². The Kier molecular flexibility index (Phi) is 3.27. The van der Waals surface area contributed by atoms with Crippen LogP contribution in [-0.4, -0.2) is 28.9 Å². The minimum atomic E-state index is -3.79. The summed E-state index contributed by atoms with van der Waals surface area (Å²) in [6.45, 7) is 1.78. The fourth-order valence-corrected chi connectivity index (χ4v) is 3.43. The lowest BCUT2D eigenvalue weighted by atomic mass is 10.2. The molecule has 0 aromatic heterocycles. The highest BCUT2D eigenvalue weighted by Crippen LogP contribution is 2.30. The van der Waals surface area contributed by atoms with Gasteiger partial charge in [0.1, 0.15) is 10.7 Å². The summed E-state index contributed by atoms with van der Waals surface area (Å²) in [5.41, 5.74) is 0.577. The zero-order valence-corrected chi connectivity index (χ0v) is 12.0. The van der Waals surface area contributed by atoms with E-state index in [1.54, 1.807) is 6.92 Å². The Morgan fingerprint density at radius 2 is 2.05 bits per heavy atom. The van der Waals surface area contributed by atoms with Gasteiger partial charge < -0.3 is 5.32 Å². The van der Waals surface area contributed by atoms with E-state index in [4.69, 9.17) is 0 Å². The molecule has 19 heavy (non-hydrogen) atoms. The lowest BCUT2D eigenvalue weighted by Crippen LogP contribution is -2.21. The molecule has 2 rings (SSSR count). The molecule has 0 saturated heterocycles. The fraction of sp³-hybridized carbons (Fsp3) is 0.300. The summed E-state index contributed by atoms with van der Waals surface area (Å²) >= 11 is 0. The average Bonchev–Trinajstić information content (AvgIpc) is 2.27. The highest BCUT2D eigenvalue weighted by atomic mass is 32.2. The maximum absolute atomic E-state index is 12.0. The Morgan fingerprint density at radius 1 is 1.37 bits per heavy atom. The van der Waals surface area contributed by atoms with Crippen molar-refractivity contribution < 1.29 is 16.8 Å². The first-order chi connectivity index (χ1) is 8.71. The van der Waals surface area contributed by atoms with Gasteiger partial charge in [-0.2, -0.15) is 8.42 Å². The third kappa shape index (κ3) is 3.04. The summed E-state index contributed by atoms with van der Waals surface area (Å²) in [7, 11) is -7.25. The monoisotopic (exact) mass is 303 g/mol. The van der Waals surface area contributed by atoms with Crippen LogP contribution in [0.15, 0.2) is 27.5 Å². The predicted octanol–water partition coefficient (Wildman–Crippen LogP) is 0.981. The van der Waals surface area contributed by atoms with Gasteiger partial charge in [0.2, 0.25) is 10.0 Å². The van der Waals surface area contributed by atoms with E-state index in [9.17, 15) is 16.8 Å². The molecule has 0 saturated carbocycles. The Balaban J connectivity index is 2.51. The van der Waals surface area contributed by atoms with Gasteiger partial charge in [-0.15, -0.1) is 4.40 Å². The first-order valence-electron chi connectivity index (χ1n) is 5.44. The average molecular weight is 303 g/mol. The summed E-state index contributed by atoms with van der Waals surface area (Å²) in [5.74, 6) is 0.358. The van der Waals surface area contributed by atoms with Crippen molar-refractivity contribution in [3.8, 4) is 0 Å². The molecule has 0 aliphatic carbocycles. The second kappa shape index (κ2) is 4.49. The van der Waals surface area contributed by atoms with Gasteiger partial charge in [0, 0.05) is 12.1 Å². The molecule has 0 radical (unpaired) electrons. The van der Waals surface area contributed by atoms with Gasteiger partial charge in [-0.3, -0.25) is 4.72 Å².